The van der Waals surface area contributed by atoms with Crippen molar-refractivity contribution >= 4 is 17.5 Å². The zero-order chi connectivity index (χ0) is 9.40. The number of ketones is 1. The molecule has 12 heavy (non-hydrogen) atoms. The van der Waals surface area contributed by atoms with Crippen LogP contribution in [0.1, 0.15) is 39.5 Å². The zero-order valence-corrected chi connectivity index (χ0v) is 9.25. The Morgan fingerprint density at radius 2 is 2.17 bits per heavy atom. The van der Waals surface area contributed by atoms with Crippen LogP contribution in [0.15, 0.2) is 0 Å². The molecule has 0 saturated heterocycles. The molecule has 0 aliphatic carbocycles. The molecule has 0 radical (unpaired) electrons. The Morgan fingerprint density at radius 3 is 2.67 bits per heavy atom. The number of carbonyl (C=O) groups excluding carboxylic acids is 1. The third-order valence-electron chi connectivity index (χ3n) is 1.94. The molecule has 0 aromatic carbocycles. The molecular formula is C10H20OS. The Kier molecular flexibility index (Phi) is 7.67. The van der Waals surface area contributed by atoms with E-state index < -0.39 is 0 Å². The molecule has 72 valence electrons. The van der Waals surface area contributed by atoms with Gasteiger partial charge in [0.1, 0.15) is 5.78 Å². The van der Waals surface area contributed by atoms with Crippen molar-refractivity contribution in [3.8, 4) is 0 Å². The minimum atomic E-state index is 0.435. The lowest BCUT2D eigenvalue weighted by atomic mass is 9.99. The van der Waals surface area contributed by atoms with Gasteiger partial charge in [-0.25, -0.2) is 0 Å². The Morgan fingerprint density at radius 1 is 1.50 bits per heavy atom. The number of hydrogen-bond acceptors (Lipinski definition) is 2. The topological polar surface area (TPSA) is 17.1 Å². The van der Waals surface area contributed by atoms with Crippen molar-refractivity contribution in [2.24, 2.45) is 5.92 Å². The molecule has 0 aliphatic rings. The molecule has 0 saturated carbocycles. The van der Waals surface area contributed by atoms with E-state index in [4.69, 9.17) is 0 Å². The van der Waals surface area contributed by atoms with E-state index in [-0.39, 0.29) is 0 Å². The standard InChI is InChI=1S/C10H20OS/c1-4-5-9(2)8-10(11)6-7-12-3/h9H,4-8H2,1-3H3. The van der Waals surface area contributed by atoms with E-state index in [0.29, 0.717) is 11.7 Å². The normalized spacial score (nSPS) is 12.9. The largest absolute Gasteiger partial charge is 0.300 e. The van der Waals surface area contributed by atoms with E-state index in [2.05, 4.69) is 13.8 Å². The molecule has 0 rings (SSSR count). The highest BCUT2D eigenvalue weighted by Crippen LogP contribution is 2.12. The fourth-order valence-electron chi connectivity index (χ4n) is 1.30. The fraction of sp³-hybridized carbons (Fsp3) is 0.900. The SMILES string of the molecule is CCCC(C)CC(=O)CCSC. The molecule has 1 atom stereocenters. The van der Waals surface area contributed by atoms with Gasteiger partial charge < -0.3 is 0 Å². The van der Waals surface area contributed by atoms with Crippen LogP contribution in [-0.4, -0.2) is 17.8 Å². The molecule has 0 fully saturated rings. The lowest BCUT2D eigenvalue weighted by molar-refractivity contribution is -0.119. The monoisotopic (exact) mass is 188 g/mol. The summed E-state index contributed by atoms with van der Waals surface area (Å²) in [6.07, 6.45) is 5.97. The first-order valence-corrected chi connectivity index (χ1v) is 6.10. The number of rotatable bonds is 7. The summed E-state index contributed by atoms with van der Waals surface area (Å²) in [6.45, 7) is 4.34. The van der Waals surface area contributed by atoms with Gasteiger partial charge in [0, 0.05) is 12.8 Å². The van der Waals surface area contributed by atoms with Gasteiger partial charge in [0.25, 0.3) is 0 Å². The summed E-state index contributed by atoms with van der Waals surface area (Å²) in [6, 6.07) is 0. The van der Waals surface area contributed by atoms with Crippen LogP contribution in [0.5, 0.6) is 0 Å². The number of carbonyl (C=O) groups is 1. The van der Waals surface area contributed by atoms with Crippen molar-refractivity contribution in [1.29, 1.82) is 0 Å². The fourth-order valence-corrected chi connectivity index (χ4v) is 1.73. The van der Waals surface area contributed by atoms with Gasteiger partial charge >= 0.3 is 0 Å². The maximum atomic E-state index is 11.3. The predicted octanol–water partition coefficient (Wildman–Crippen LogP) is 3.13. The van der Waals surface area contributed by atoms with Crippen LogP contribution in [-0.2, 0) is 4.79 Å². The van der Waals surface area contributed by atoms with Crippen molar-refractivity contribution < 1.29 is 4.79 Å². The third kappa shape index (κ3) is 6.71. The smallest absolute Gasteiger partial charge is 0.133 e. The van der Waals surface area contributed by atoms with E-state index >= 15 is 0 Å². The summed E-state index contributed by atoms with van der Waals surface area (Å²) in [5.74, 6) is 2.01. The molecular weight excluding hydrogens is 168 g/mol. The minimum Gasteiger partial charge on any atom is -0.300 e. The highest BCUT2D eigenvalue weighted by Gasteiger charge is 2.07. The summed E-state index contributed by atoms with van der Waals surface area (Å²) in [4.78, 5) is 11.3. The maximum absolute atomic E-state index is 11.3. The minimum absolute atomic E-state index is 0.435. The summed E-state index contributed by atoms with van der Waals surface area (Å²) < 4.78 is 0. The number of thioether (sulfide) groups is 1. The van der Waals surface area contributed by atoms with Gasteiger partial charge in [0.2, 0.25) is 0 Å². The molecule has 0 aromatic rings. The van der Waals surface area contributed by atoms with Crippen LogP contribution in [0, 0.1) is 5.92 Å². The van der Waals surface area contributed by atoms with E-state index in [1.54, 1.807) is 11.8 Å². The van der Waals surface area contributed by atoms with E-state index in [1.165, 1.54) is 12.8 Å². The number of Topliss-reactive ketones (excluding diaryl/α,β-unsaturated/α-hetero) is 1. The van der Waals surface area contributed by atoms with Crippen molar-refractivity contribution in [2.45, 2.75) is 39.5 Å². The molecule has 1 unspecified atom stereocenters. The Balaban J connectivity index is 3.40. The molecule has 0 aliphatic heterocycles. The van der Waals surface area contributed by atoms with E-state index in [0.717, 1.165) is 18.6 Å². The van der Waals surface area contributed by atoms with Gasteiger partial charge in [-0.1, -0.05) is 26.7 Å². The molecule has 0 aromatic heterocycles. The molecule has 0 amide bonds. The highest BCUT2D eigenvalue weighted by molar-refractivity contribution is 7.98. The van der Waals surface area contributed by atoms with E-state index in [9.17, 15) is 4.79 Å². The molecule has 2 heteroatoms. The average molecular weight is 188 g/mol. The average Bonchev–Trinajstić information content (AvgIpc) is 2.01. The van der Waals surface area contributed by atoms with Crippen LogP contribution in [0.4, 0.5) is 0 Å². The third-order valence-corrected chi connectivity index (χ3v) is 2.56. The molecule has 0 heterocycles. The Bertz CT molecular complexity index is 123. The predicted molar refractivity (Wildman–Crippen MR) is 56.7 cm³/mol. The molecule has 0 bridgehead atoms. The first-order chi connectivity index (χ1) is 5.70. The van der Waals surface area contributed by atoms with Crippen molar-refractivity contribution in [3.05, 3.63) is 0 Å². The molecule has 0 spiro atoms. The van der Waals surface area contributed by atoms with Gasteiger partial charge in [-0.3, -0.25) is 4.79 Å². The Labute approximate surface area is 80.3 Å². The summed E-state index contributed by atoms with van der Waals surface area (Å²) in [5.41, 5.74) is 0. The highest BCUT2D eigenvalue weighted by atomic mass is 32.2. The summed E-state index contributed by atoms with van der Waals surface area (Å²) in [5, 5.41) is 0. The Hall–Kier alpha value is 0.0200. The van der Waals surface area contributed by atoms with Gasteiger partial charge in [0.05, 0.1) is 0 Å². The van der Waals surface area contributed by atoms with Crippen LogP contribution < -0.4 is 0 Å². The van der Waals surface area contributed by atoms with Gasteiger partial charge in [0.15, 0.2) is 0 Å². The number of hydrogen-bond donors (Lipinski definition) is 0. The molecule has 1 nitrogen and oxygen atoms in total. The first-order valence-electron chi connectivity index (χ1n) is 4.71. The van der Waals surface area contributed by atoms with Crippen molar-refractivity contribution in [1.82, 2.24) is 0 Å². The van der Waals surface area contributed by atoms with E-state index in [1.807, 2.05) is 6.26 Å². The van der Waals surface area contributed by atoms with Crippen molar-refractivity contribution in [3.63, 3.8) is 0 Å². The second-order valence-corrected chi connectivity index (χ2v) is 4.37. The van der Waals surface area contributed by atoms with Gasteiger partial charge in [-0.15, -0.1) is 0 Å². The summed E-state index contributed by atoms with van der Waals surface area (Å²) >= 11 is 1.75. The lowest BCUT2D eigenvalue weighted by Gasteiger charge is -2.07. The second kappa shape index (κ2) is 7.66. The van der Waals surface area contributed by atoms with Crippen LogP contribution >= 0.6 is 11.8 Å². The van der Waals surface area contributed by atoms with Crippen LogP contribution in [0.25, 0.3) is 0 Å². The van der Waals surface area contributed by atoms with Gasteiger partial charge in [-0.2, -0.15) is 11.8 Å². The van der Waals surface area contributed by atoms with Crippen LogP contribution in [0.2, 0.25) is 0 Å². The zero-order valence-electron chi connectivity index (χ0n) is 8.43. The lowest BCUT2D eigenvalue weighted by Crippen LogP contribution is -2.06. The second-order valence-electron chi connectivity index (χ2n) is 3.38. The maximum Gasteiger partial charge on any atom is 0.133 e. The quantitative estimate of drug-likeness (QED) is 0.610. The molecule has 0 N–H and O–H groups in total. The summed E-state index contributed by atoms with van der Waals surface area (Å²) in [7, 11) is 0. The van der Waals surface area contributed by atoms with Gasteiger partial charge in [-0.05, 0) is 17.9 Å². The van der Waals surface area contributed by atoms with Crippen molar-refractivity contribution in [2.75, 3.05) is 12.0 Å². The first kappa shape index (κ1) is 12.0. The van der Waals surface area contributed by atoms with Crippen LogP contribution in [0.3, 0.4) is 0 Å².